The highest BCUT2D eigenvalue weighted by atomic mass is 19.1. The molecule has 0 atom stereocenters. The Hall–Kier alpha value is -2.21. The maximum absolute atomic E-state index is 14.0. The minimum absolute atomic E-state index is 0.213. The van der Waals surface area contributed by atoms with Crippen molar-refractivity contribution in [3.8, 4) is 5.69 Å². The van der Waals surface area contributed by atoms with Gasteiger partial charge in [-0.15, -0.1) is 0 Å². The molecule has 0 aliphatic carbocycles. The van der Waals surface area contributed by atoms with Crippen molar-refractivity contribution < 1.29 is 9.18 Å². The molecule has 1 heterocycles. The normalized spacial score (nSPS) is 10.6. The SMILES string of the molecule is CNCc1cccc(F)c1-n1ccc(C(=O)N(C)C)n1. The molecule has 0 aliphatic rings. The Morgan fingerprint density at radius 3 is 2.80 bits per heavy atom. The number of halogens is 1. The Bertz CT molecular complexity index is 621. The molecular formula is C14H17FN4O. The maximum Gasteiger partial charge on any atom is 0.273 e. The van der Waals surface area contributed by atoms with Crippen LogP contribution in [0.4, 0.5) is 4.39 Å². The molecule has 6 heteroatoms. The van der Waals surface area contributed by atoms with Gasteiger partial charge in [0.25, 0.3) is 5.91 Å². The van der Waals surface area contributed by atoms with E-state index in [0.717, 1.165) is 5.56 Å². The Morgan fingerprint density at radius 2 is 2.15 bits per heavy atom. The van der Waals surface area contributed by atoms with Crippen molar-refractivity contribution in [3.63, 3.8) is 0 Å². The molecule has 2 rings (SSSR count). The summed E-state index contributed by atoms with van der Waals surface area (Å²) in [6.07, 6.45) is 1.59. The zero-order chi connectivity index (χ0) is 14.7. The third-order valence-electron chi connectivity index (χ3n) is 2.88. The van der Waals surface area contributed by atoms with Gasteiger partial charge in [-0.2, -0.15) is 5.10 Å². The number of rotatable bonds is 4. The molecule has 1 aromatic carbocycles. The molecule has 0 spiro atoms. The van der Waals surface area contributed by atoms with Crippen molar-refractivity contribution in [1.29, 1.82) is 0 Å². The molecule has 0 radical (unpaired) electrons. The molecule has 0 unspecified atom stereocenters. The summed E-state index contributed by atoms with van der Waals surface area (Å²) in [4.78, 5) is 13.3. The zero-order valence-electron chi connectivity index (χ0n) is 11.7. The Morgan fingerprint density at radius 1 is 1.40 bits per heavy atom. The van der Waals surface area contributed by atoms with Gasteiger partial charge < -0.3 is 10.2 Å². The molecule has 106 valence electrons. The third kappa shape index (κ3) is 2.70. The Labute approximate surface area is 117 Å². The highest BCUT2D eigenvalue weighted by Crippen LogP contribution is 2.18. The third-order valence-corrected chi connectivity index (χ3v) is 2.88. The van der Waals surface area contributed by atoms with Crippen molar-refractivity contribution in [2.45, 2.75) is 6.54 Å². The molecule has 0 saturated carbocycles. The van der Waals surface area contributed by atoms with Gasteiger partial charge in [0.15, 0.2) is 5.69 Å². The molecule has 0 saturated heterocycles. The number of amides is 1. The van der Waals surface area contributed by atoms with Gasteiger partial charge >= 0.3 is 0 Å². The van der Waals surface area contributed by atoms with E-state index in [4.69, 9.17) is 0 Å². The van der Waals surface area contributed by atoms with Crippen LogP contribution >= 0.6 is 0 Å². The second kappa shape index (κ2) is 5.83. The van der Waals surface area contributed by atoms with E-state index < -0.39 is 0 Å². The monoisotopic (exact) mass is 276 g/mol. The van der Waals surface area contributed by atoms with Gasteiger partial charge in [0.1, 0.15) is 11.5 Å². The highest BCUT2D eigenvalue weighted by Gasteiger charge is 2.15. The van der Waals surface area contributed by atoms with Crippen LogP contribution in [-0.2, 0) is 6.54 Å². The number of carbonyl (C=O) groups excluding carboxylic acids is 1. The minimum Gasteiger partial charge on any atom is -0.343 e. The quantitative estimate of drug-likeness (QED) is 0.919. The lowest BCUT2D eigenvalue weighted by atomic mass is 10.1. The number of hydrogen-bond donors (Lipinski definition) is 1. The van der Waals surface area contributed by atoms with Crippen LogP contribution in [0.2, 0.25) is 0 Å². The summed E-state index contributed by atoms with van der Waals surface area (Å²) >= 11 is 0. The van der Waals surface area contributed by atoms with Crippen LogP contribution in [0.5, 0.6) is 0 Å². The van der Waals surface area contributed by atoms with Crippen LogP contribution in [0.25, 0.3) is 5.69 Å². The standard InChI is InChI=1S/C14H17FN4O/c1-16-9-10-5-4-6-11(15)13(10)19-8-7-12(17-19)14(20)18(2)3/h4-8,16H,9H2,1-3H3. The average Bonchev–Trinajstić information content (AvgIpc) is 2.87. The highest BCUT2D eigenvalue weighted by molar-refractivity contribution is 5.91. The summed E-state index contributed by atoms with van der Waals surface area (Å²) in [6, 6.07) is 6.44. The fraction of sp³-hybridized carbons (Fsp3) is 0.286. The second-order valence-electron chi connectivity index (χ2n) is 4.62. The molecule has 1 N–H and O–H groups in total. The second-order valence-corrected chi connectivity index (χ2v) is 4.62. The first kappa shape index (κ1) is 14.2. The molecule has 0 fully saturated rings. The molecule has 0 bridgehead atoms. The van der Waals surface area contributed by atoms with Crippen LogP contribution in [0.1, 0.15) is 16.1 Å². The Balaban J connectivity index is 2.44. The average molecular weight is 276 g/mol. The maximum atomic E-state index is 14.0. The smallest absolute Gasteiger partial charge is 0.273 e. The molecular weight excluding hydrogens is 259 g/mol. The van der Waals surface area contributed by atoms with Gasteiger partial charge in [0, 0.05) is 26.8 Å². The van der Waals surface area contributed by atoms with Crippen molar-refractivity contribution in [1.82, 2.24) is 20.0 Å². The number of nitrogens with zero attached hydrogens (tertiary/aromatic N) is 3. The van der Waals surface area contributed by atoms with Gasteiger partial charge in [-0.3, -0.25) is 4.79 Å². The van der Waals surface area contributed by atoms with E-state index in [2.05, 4.69) is 10.4 Å². The summed E-state index contributed by atoms with van der Waals surface area (Å²) in [6.45, 7) is 0.518. The number of para-hydroxylation sites is 1. The van der Waals surface area contributed by atoms with Gasteiger partial charge in [-0.1, -0.05) is 12.1 Å². The molecule has 1 aromatic heterocycles. The number of hydrogen-bond acceptors (Lipinski definition) is 3. The zero-order valence-corrected chi connectivity index (χ0v) is 11.7. The lowest BCUT2D eigenvalue weighted by Gasteiger charge is -2.10. The molecule has 20 heavy (non-hydrogen) atoms. The lowest BCUT2D eigenvalue weighted by molar-refractivity contribution is 0.0821. The largest absolute Gasteiger partial charge is 0.343 e. The molecule has 2 aromatic rings. The van der Waals surface area contributed by atoms with E-state index >= 15 is 0 Å². The number of nitrogens with one attached hydrogen (secondary N) is 1. The van der Waals surface area contributed by atoms with Crippen molar-refractivity contribution in [3.05, 3.63) is 47.5 Å². The van der Waals surface area contributed by atoms with E-state index in [1.54, 1.807) is 39.5 Å². The first-order chi connectivity index (χ1) is 9.54. The van der Waals surface area contributed by atoms with Crippen LogP contribution in [-0.4, -0.2) is 41.7 Å². The Kier molecular flexibility index (Phi) is 4.14. The summed E-state index contributed by atoms with van der Waals surface area (Å²) < 4.78 is 15.4. The van der Waals surface area contributed by atoms with Gasteiger partial charge in [0.05, 0.1) is 0 Å². The minimum atomic E-state index is -0.371. The molecule has 1 amide bonds. The van der Waals surface area contributed by atoms with E-state index in [1.165, 1.54) is 15.6 Å². The van der Waals surface area contributed by atoms with E-state index in [1.807, 2.05) is 6.07 Å². The predicted molar refractivity (Wildman–Crippen MR) is 74.3 cm³/mol. The van der Waals surface area contributed by atoms with Crippen LogP contribution in [0.3, 0.4) is 0 Å². The van der Waals surface area contributed by atoms with Gasteiger partial charge in [-0.05, 0) is 24.7 Å². The number of aromatic nitrogens is 2. The van der Waals surface area contributed by atoms with Crippen molar-refractivity contribution in [2.24, 2.45) is 0 Å². The van der Waals surface area contributed by atoms with E-state index in [0.29, 0.717) is 12.2 Å². The fourth-order valence-electron chi connectivity index (χ4n) is 1.94. The van der Waals surface area contributed by atoms with Crippen molar-refractivity contribution >= 4 is 5.91 Å². The first-order valence-electron chi connectivity index (χ1n) is 6.24. The predicted octanol–water partition coefficient (Wildman–Crippen LogP) is 1.43. The van der Waals surface area contributed by atoms with Crippen molar-refractivity contribution in [2.75, 3.05) is 21.1 Å². The molecule has 5 nitrogen and oxygen atoms in total. The van der Waals surface area contributed by atoms with Gasteiger partial charge in [0.2, 0.25) is 0 Å². The van der Waals surface area contributed by atoms with Gasteiger partial charge in [-0.25, -0.2) is 9.07 Å². The van der Waals surface area contributed by atoms with E-state index in [9.17, 15) is 9.18 Å². The van der Waals surface area contributed by atoms with E-state index in [-0.39, 0.29) is 17.4 Å². The summed E-state index contributed by atoms with van der Waals surface area (Å²) in [7, 11) is 5.09. The fourth-order valence-corrected chi connectivity index (χ4v) is 1.94. The van der Waals surface area contributed by atoms with Crippen LogP contribution < -0.4 is 5.32 Å². The summed E-state index contributed by atoms with van der Waals surface area (Å²) in [5.74, 6) is -0.583. The summed E-state index contributed by atoms with van der Waals surface area (Å²) in [5, 5.41) is 7.15. The molecule has 0 aliphatic heterocycles. The first-order valence-corrected chi connectivity index (χ1v) is 6.24. The summed E-state index contributed by atoms with van der Waals surface area (Å²) in [5.41, 5.74) is 1.42. The lowest BCUT2D eigenvalue weighted by Crippen LogP contribution is -2.22. The number of benzene rings is 1. The van der Waals surface area contributed by atoms with Crippen LogP contribution in [0, 0.1) is 5.82 Å². The number of carbonyl (C=O) groups is 1. The topological polar surface area (TPSA) is 50.2 Å². The van der Waals surface area contributed by atoms with Crippen LogP contribution in [0.15, 0.2) is 30.5 Å².